The van der Waals surface area contributed by atoms with E-state index >= 15 is 0 Å². The van der Waals surface area contributed by atoms with Crippen molar-refractivity contribution in [3.05, 3.63) is 53.4 Å². The van der Waals surface area contributed by atoms with Crippen molar-refractivity contribution in [1.29, 1.82) is 0 Å². The van der Waals surface area contributed by atoms with E-state index in [0.29, 0.717) is 0 Å². The van der Waals surface area contributed by atoms with Crippen LogP contribution < -0.4 is 0 Å². The SMILES string of the molecule is C=[CH][Zr]([C]1=CC=CC1)[C]1=CC=CC1.Cl. The summed E-state index contributed by atoms with van der Waals surface area (Å²) in [7, 11) is 0. The van der Waals surface area contributed by atoms with Gasteiger partial charge >= 0.3 is 88.0 Å². The van der Waals surface area contributed by atoms with E-state index in [-0.39, 0.29) is 12.4 Å². The van der Waals surface area contributed by atoms with E-state index in [4.69, 9.17) is 0 Å². The van der Waals surface area contributed by atoms with Gasteiger partial charge in [-0.1, -0.05) is 0 Å². The monoisotopic (exact) mass is 283 g/mol. The summed E-state index contributed by atoms with van der Waals surface area (Å²) in [6.45, 7) is 4.00. The summed E-state index contributed by atoms with van der Waals surface area (Å²) in [5.41, 5.74) is 0. The first-order valence-electron chi connectivity index (χ1n) is 4.63. The van der Waals surface area contributed by atoms with Gasteiger partial charge in [0.2, 0.25) is 0 Å². The fourth-order valence-corrected chi connectivity index (χ4v) is 7.08. The van der Waals surface area contributed by atoms with Crippen molar-refractivity contribution < 1.29 is 21.8 Å². The van der Waals surface area contributed by atoms with Crippen LogP contribution in [0.2, 0.25) is 0 Å². The first-order chi connectivity index (χ1) is 6.42. The fraction of sp³-hybridized carbons (Fsp3) is 0.167. The molecule has 0 spiro atoms. The molecule has 0 saturated heterocycles. The summed E-state index contributed by atoms with van der Waals surface area (Å²) in [6, 6.07) is 0. The number of allylic oxidation sites excluding steroid dienone is 8. The Kier molecular flexibility index (Phi) is 4.85. The standard InChI is InChI=1S/2C5H5.C2H3.ClH.Zr/c2*1-2-4-5-3-1;1-2;;/h2*1-3H,4H2;1H,2H2;1H;. The Morgan fingerprint density at radius 1 is 1.07 bits per heavy atom. The first kappa shape index (κ1) is 11.9. The zero-order valence-electron chi connectivity index (χ0n) is 8.07. The minimum atomic E-state index is -1.55. The van der Waals surface area contributed by atoms with E-state index in [1.807, 2.05) is 0 Å². The maximum atomic E-state index is 4.00. The normalized spacial score (nSPS) is 17.4. The van der Waals surface area contributed by atoms with Crippen LogP contribution in [0.25, 0.3) is 0 Å². The van der Waals surface area contributed by atoms with Gasteiger partial charge in [0.15, 0.2) is 0 Å². The molecule has 0 saturated carbocycles. The quantitative estimate of drug-likeness (QED) is 0.738. The predicted molar refractivity (Wildman–Crippen MR) is 61.1 cm³/mol. The maximum absolute atomic E-state index is 4.00. The average Bonchev–Trinajstić information content (AvgIpc) is 2.76. The van der Waals surface area contributed by atoms with Gasteiger partial charge in [0.05, 0.1) is 0 Å². The van der Waals surface area contributed by atoms with Gasteiger partial charge < -0.3 is 0 Å². The van der Waals surface area contributed by atoms with Crippen molar-refractivity contribution in [2.24, 2.45) is 0 Å². The van der Waals surface area contributed by atoms with Crippen molar-refractivity contribution in [2.45, 2.75) is 12.8 Å². The van der Waals surface area contributed by atoms with Crippen molar-refractivity contribution in [3.8, 4) is 0 Å². The molecule has 2 aliphatic rings. The topological polar surface area (TPSA) is 0 Å². The third kappa shape index (κ3) is 2.46. The van der Waals surface area contributed by atoms with E-state index in [9.17, 15) is 0 Å². The van der Waals surface area contributed by atoms with Gasteiger partial charge in [-0.2, -0.15) is 0 Å². The summed E-state index contributed by atoms with van der Waals surface area (Å²) in [5.74, 6) is 0. The van der Waals surface area contributed by atoms with Crippen molar-refractivity contribution in [1.82, 2.24) is 0 Å². The Bertz CT molecular complexity index is 304. The van der Waals surface area contributed by atoms with Crippen LogP contribution in [0.1, 0.15) is 12.8 Å². The second-order valence-electron chi connectivity index (χ2n) is 3.27. The van der Waals surface area contributed by atoms with Gasteiger partial charge in [-0.05, 0) is 0 Å². The van der Waals surface area contributed by atoms with E-state index in [1.54, 1.807) is 6.56 Å². The molecule has 2 rings (SSSR count). The second kappa shape index (κ2) is 5.68. The number of halogens is 1. The Morgan fingerprint density at radius 2 is 1.57 bits per heavy atom. The number of hydrogen-bond acceptors (Lipinski definition) is 0. The van der Waals surface area contributed by atoms with Gasteiger partial charge in [0.1, 0.15) is 0 Å². The van der Waals surface area contributed by atoms with Gasteiger partial charge in [0, 0.05) is 0 Å². The molecule has 2 heteroatoms. The van der Waals surface area contributed by atoms with Crippen LogP contribution in [0.3, 0.4) is 0 Å². The van der Waals surface area contributed by atoms with E-state index < -0.39 is 21.8 Å². The third-order valence-electron chi connectivity index (χ3n) is 2.44. The molecule has 0 nitrogen and oxygen atoms in total. The zero-order valence-corrected chi connectivity index (χ0v) is 11.3. The molecule has 0 amide bonds. The van der Waals surface area contributed by atoms with E-state index in [0.717, 1.165) is 0 Å². The van der Waals surface area contributed by atoms with E-state index in [2.05, 4.69) is 46.8 Å². The molecular weight excluding hydrogens is 271 g/mol. The summed E-state index contributed by atoms with van der Waals surface area (Å²) in [6.07, 6.45) is 15.8. The van der Waals surface area contributed by atoms with Crippen LogP contribution in [0, 0.1) is 0 Å². The summed E-state index contributed by atoms with van der Waals surface area (Å²) >= 11 is -1.55. The third-order valence-corrected chi connectivity index (χ3v) is 8.67. The smallest absolute Gasteiger partial charge is 0.147 e. The Balaban J connectivity index is 0.000000980. The molecule has 0 atom stereocenters. The van der Waals surface area contributed by atoms with Crippen LogP contribution in [0.4, 0.5) is 0 Å². The van der Waals surface area contributed by atoms with Crippen LogP contribution in [0.15, 0.2) is 53.4 Å². The summed E-state index contributed by atoms with van der Waals surface area (Å²) in [4.78, 5) is 0. The summed E-state index contributed by atoms with van der Waals surface area (Å²) in [5, 5.41) is 0. The molecule has 0 aromatic rings. The summed E-state index contributed by atoms with van der Waals surface area (Å²) < 4.78 is 5.60. The molecule has 73 valence electrons. The predicted octanol–water partition coefficient (Wildman–Crippen LogP) is 3.86. The number of rotatable bonds is 3. The Labute approximate surface area is 99.9 Å². The molecule has 0 bridgehead atoms. The molecule has 0 N–H and O–H groups in total. The van der Waals surface area contributed by atoms with Crippen LogP contribution in [-0.4, -0.2) is 0 Å². The molecular formula is C12H14ClZr. The molecule has 0 aromatic heterocycles. The van der Waals surface area contributed by atoms with Gasteiger partial charge in [-0.15, -0.1) is 12.4 Å². The van der Waals surface area contributed by atoms with Crippen LogP contribution in [-0.2, 0) is 21.8 Å². The first-order valence-corrected chi connectivity index (χ1v) is 8.51. The number of hydrogen-bond donors (Lipinski definition) is 0. The fourth-order valence-electron chi connectivity index (χ4n) is 1.76. The molecule has 0 radical (unpaired) electrons. The molecule has 0 aliphatic heterocycles. The average molecular weight is 285 g/mol. The minimum absolute atomic E-state index is 0. The maximum Gasteiger partial charge on any atom is -0.147 e. The van der Waals surface area contributed by atoms with Crippen molar-refractivity contribution in [3.63, 3.8) is 0 Å². The second-order valence-corrected chi connectivity index (χ2v) is 9.46. The molecule has 0 fully saturated rings. The van der Waals surface area contributed by atoms with Gasteiger partial charge in [0.25, 0.3) is 0 Å². The molecule has 2 aliphatic carbocycles. The van der Waals surface area contributed by atoms with Crippen LogP contribution in [0.5, 0.6) is 0 Å². The molecule has 0 unspecified atom stereocenters. The van der Waals surface area contributed by atoms with E-state index in [1.165, 1.54) is 12.8 Å². The molecule has 14 heavy (non-hydrogen) atoms. The molecule has 0 heterocycles. The Hall–Kier alpha value is -0.127. The minimum Gasteiger partial charge on any atom is -0.147 e. The Morgan fingerprint density at radius 3 is 1.86 bits per heavy atom. The van der Waals surface area contributed by atoms with Crippen molar-refractivity contribution in [2.75, 3.05) is 0 Å². The van der Waals surface area contributed by atoms with Crippen LogP contribution >= 0.6 is 12.4 Å². The molecule has 0 aromatic carbocycles. The largest absolute Gasteiger partial charge is 0.147 e. The van der Waals surface area contributed by atoms with Gasteiger partial charge in [-0.25, -0.2) is 0 Å². The van der Waals surface area contributed by atoms with Gasteiger partial charge in [-0.3, -0.25) is 0 Å². The zero-order chi connectivity index (χ0) is 9.10. The van der Waals surface area contributed by atoms with Crippen molar-refractivity contribution >= 4 is 12.4 Å².